The van der Waals surface area contributed by atoms with Crippen molar-refractivity contribution >= 4 is 0 Å². The molecule has 1 aromatic heterocycles. The minimum absolute atomic E-state index is 0.123. The van der Waals surface area contributed by atoms with Gasteiger partial charge in [-0.3, -0.25) is 4.90 Å². The third-order valence-electron chi connectivity index (χ3n) is 1.92. The summed E-state index contributed by atoms with van der Waals surface area (Å²) in [6, 6.07) is 0. The van der Waals surface area contributed by atoms with Crippen molar-refractivity contribution in [1.29, 1.82) is 0 Å². The number of aromatic nitrogens is 2. The van der Waals surface area contributed by atoms with Gasteiger partial charge in [-0.05, 0) is 6.92 Å². The minimum atomic E-state index is 0.123. The van der Waals surface area contributed by atoms with E-state index in [1.807, 2.05) is 11.8 Å². The lowest BCUT2D eigenvalue weighted by Gasteiger charge is -2.17. The monoisotopic (exact) mass is 197 g/mol. The summed E-state index contributed by atoms with van der Waals surface area (Å²) in [5, 5.41) is 16.3. The maximum Gasteiger partial charge on any atom is 0.122 e. The van der Waals surface area contributed by atoms with Crippen molar-refractivity contribution in [3.05, 3.63) is 24.0 Å². The molecular weight excluding hydrogens is 182 g/mol. The van der Waals surface area contributed by atoms with Crippen LogP contribution in [0.1, 0.15) is 11.4 Å². The Kier molecular flexibility index (Phi) is 4.28. The first-order valence-electron chi connectivity index (χ1n) is 4.50. The Hall–Kier alpha value is -1.20. The molecule has 1 N–H and O–H groups in total. The number of aliphatic hydroxyl groups is 1. The highest BCUT2D eigenvalue weighted by Crippen LogP contribution is 2.04. The molecule has 0 spiro atoms. The fourth-order valence-electron chi connectivity index (χ4n) is 1.16. The Morgan fingerprint density at radius 1 is 1.57 bits per heavy atom. The molecule has 1 aromatic rings. The zero-order valence-corrected chi connectivity index (χ0v) is 8.31. The van der Waals surface area contributed by atoms with Gasteiger partial charge in [0.05, 0.1) is 6.61 Å². The molecule has 0 unspecified atom stereocenters. The molecule has 0 bridgehead atoms. The van der Waals surface area contributed by atoms with Crippen LogP contribution in [-0.4, -0.2) is 40.0 Å². The van der Waals surface area contributed by atoms with Crippen molar-refractivity contribution < 1.29 is 9.74 Å². The number of nitrogens with zero attached hydrogens (tertiary/aromatic N) is 3. The summed E-state index contributed by atoms with van der Waals surface area (Å²) in [5.74, 6) is 0. The summed E-state index contributed by atoms with van der Waals surface area (Å²) in [7, 11) is 0. The fraction of sp³-hybridized carbons (Fsp3) is 0.556. The molecule has 0 fully saturated rings. The number of aliphatic hydroxyl groups excluding tert-OH is 1. The van der Waals surface area contributed by atoms with Gasteiger partial charge in [-0.15, -0.1) is 6.58 Å². The second-order valence-corrected chi connectivity index (χ2v) is 3.04. The maximum absolute atomic E-state index is 8.83. The van der Waals surface area contributed by atoms with Crippen LogP contribution in [0.4, 0.5) is 0 Å². The van der Waals surface area contributed by atoms with Gasteiger partial charge in [0.25, 0.3) is 0 Å². The summed E-state index contributed by atoms with van der Waals surface area (Å²) in [4.78, 5) is 2.01. The average molecular weight is 197 g/mol. The van der Waals surface area contributed by atoms with Gasteiger partial charge in [0.1, 0.15) is 11.4 Å². The van der Waals surface area contributed by atoms with E-state index in [9.17, 15) is 0 Å². The van der Waals surface area contributed by atoms with E-state index < -0.39 is 0 Å². The number of aryl methyl sites for hydroxylation is 1. The predicted octanol–water partition coefficient (Wildman–Crippen LogP) is 0.358. The summed E-state index contributed by atoms with van der Waals surface area (Å²) >= 11 is 0. The van der Waals surface area contributed by atoms with Crippen molar-refractivity contribution in [1.82, 2.24) is 15.2 Å². The molecule has 0 atom stereocenters. The van der Waals surface area contributed by atoms with E-state index in [1.54, 1.807) is 6.08 Å². The second-order valence-electron chi connectivity index (χ2n) is 3.04. The fourth-order valence-corrected chi connectivity index (χ4v) is 1.16. The van der Waals surface area contributed by atoms with Gasteiger partial charge < -0.3 is 5.11 Å². The smallest absolute Gasteiger partial charge is 0.122 e. The van der Waals surface area contributed by atoms with Crippen LogP contribution < -0.4 is 0 Å². The topological polar surface area (TPSA) is 62.4 Å². The zero-order valence-electron chi connectivity index (χ0n) is 8.31. The van der Waals surface area contributed by atoms with E-state index >= 15 is 0 Å². The Labute approximate surface area is 83.0 Å². The lowest BCUT2D eigenvalue weighted by molar-refractivity contribution is 0.199. The van der Waals surface area contributed by atoms with Gasteiger partial charge in [-0.2, -0.15) is 0 Å². The Morgan fingerprint density at radius 3 is 2.86 bits per heavy atom. The Morgan fingerprint density at radius 2 is 2.36 bits per heavy atom. The molecule has 5 nitrogen and oxygen atoms in total. The first-order valence-corrected chi connectivity index (χ1v) is 4.50. The third-order valence-corrected chi connectivity index (χ3v) is 1.92. The number of rotatable bonds is 6. The lowest BCUT2D eigenvalue weighted by atomic mass is 10.3. The van der Waals surface area contributed by atoms with E-state index in [-0.39, 0.29) is 6.61 Å². The molecular formula is C9H15N3O2. The molecule has 1 heterocycles. The van der Waals surface area contributed by atoms with Crippen molar-refractivity contribution in [3.63, 3.8) is 0 Å². The van der Waals surface area contributed by atoms with E-state index in [0.29, 0.717) is 19.6 Å². The van der Waals surface area contributed by atoms with Crippen LogP contribution in [0.2, 0.25) is 0 Å². The van der Waals surface area contributed by atoms with Crippen LogP contribution in [0, 0.1) is 6.92 Å². The normalized spacial score (nSPS) is 10.8. The molecule has 14 heavy (non-hydrogen) atoms. The predicted molar refractivity (Wildman–Crippen MR) is 51.6 cm³/mol. The van der Waals surface area contributed by atoms with Crippen LogP contribution in [0.15, 0.2) is 17.3 Å². The molecule has 0 amide bonds. The van der Waals surface area contributed by atoms with Gasteiger partial charge >= 0.3 is 0 Å². The van der Waals surface area contributed by atoms with Crippen LogP contribution >= 0.6 is 0 Å². The van der Waals surface area contributed by atoms with E-state index in [4.69, 9.17) is 5.11 Å². The van der Waals surface area contributed by atoms with E-state index in [0.717, 1.165) is 11.4 Å². The van der Waals surface area contributed by atoms with Gasteiger partial charge in [0.2, 0.25) is 0 Å². The molecule has 1 rings (SSSR count). The standard InChI is InChI=1S/C9H15N3O2/c1-3-4-12(5-6-13)7-9-8(2)10-14-11-9/h3,13H,1,4-7H2,2H3. The van der Waals surface area contributed by atoms with Crippen LogP contribution in [0.5, 0.6) is 0 Å². The first-order chi connectivity index (χ1) is 6.77. The van der Waals surface area contributed by atoms with E-state index in [1.165, 1.54) is 0 Å². The quantitative estimate of drug-likeness (QED) is 0.667. The summed E-state index contributed by atoms with van der Waals surface area (Å²) < 4.78 is 4.59. The van der Waals surface area contributed by atoms with Crippen molar-refractivity contribution in [2.45, 2.75) is 13.5 Å². The highest BCUT2D eigenvalue weighted by molar-refractivity contribution is 5.04. The number of hydrogen-bond acceptors (Lipinski definition) is 5. The van der Waals surface area contributed by atoms with Crippen LogP contribution in [-0.2, 0) is 6.54 Å². The molecule has 78 valence electrons. The average Bonchev–Trinajstić information content (AvgIpc) is 2.53. The van der Waals surface area contributed by atoms with Gasteiger partial charge in [-0.25, -0.2) is 4.63 Å². The summed E-state index contributed by atoms with van der Waals surface area (Å²) in [5.41, 5.74) is 1.59. The van der Waals surface area contributed by atoms with Gasteiger partial charge in [0.15, 0.2) is 0 Å². The molecule has 0 saturated heterocycles. The summed E-state index contributed by atoms with van der Waals surface area (Å²) in [6.07, 6.45) is 1.79. The van der Waals surface area contributed by atoms with E-state index in [2.05, 4.69) is 21.5 Å². The van der Waals surface area contributed by atoms with Gasteiger partial charge in [-0.1, -0.05) is 16.4 Å². The Bertz CT molecular complexity index is 285. The SMILES string of the molecule is C=CCN(CCO)Cc1nonc1C. The maximum atomic E-state index is 8.83. The van der Waals surface area contributed by atoms with Crippen molar-refractivity contribution in [2.75, 3.05) is 19.7 Å². The molecule has 0 aromatic carbocycles. The van der Waals surface area contributed by atoms with Gasteiger partial charge in [0, 0.05) is 19.6 Å². The highest BCUT2D eigenvalue weighted by Gasteiger charge is 2.09. The Balaban J connectivity index is 2.54. The molecule has 5 heteroatoms. The summed E-state index contributed by atoms with van der Waals surface area (Å²) in [6.45, 7) is 7.56. The molecule has 0 saturated carbocycles. The molecule has 0 aliphatic rings. The molecule has 0 radical (unpaired) electrons. The lowest BCUT2D eigenvalue weighted by Crippen LogP contribution is -2.27. The van der Waals surface area contributed by atoms with Crippen LogP contribution in [0.3, 0.4) is 0 Å². The third kappa shape index (κ3) is 2.93. The largest absolute Gasteiger partial charge is 0.395 e. The molecule has 0 aliphatic heterocycles. The first kappa shape index (κ1) is 10.9. The van der Waals surface area contributed by atoms with Crippen molar-refractivity contribution in [2.24, 2.45) is 0 Å². The highest BCUT2D eigenvalue weighted by atomic mass is 16.6. The molecule has 0 aliphatic carbocycles. The second kappa shape index (κ2) is 5.51. The van der Waals surface area contributed by atoms with Crippen molar-refractivity contribution in [3.8, 4) is 0 Å². The van der Waals surface area contributed by atoms with Crippen LogP contribution in [0.25, 0.3) is 0 Å². The zero-order chi connectivity index (χ0) is 10.4. The minimum Gasteiger partial charge on any atom is -0.395 e. The number of hydrogen-bond donors (Lipinski definition) is 1.